The number of hydrogen-bond donors (Lipinski definition) is 2. The Kier molecular flexibility index (Phi) is 10.1. The maximum atomic E-state index is 13.3. The first kappa shape index (κ1) is 27.8. The number of pyridine rings is 1. The van der Waals surface area contributed by atoms with Crippen LogP contribution in [0, 0.1) is 5.92 Å². The van der Waals surface area contributed by atoms with Crippen molar-refractivity contribution in [3.8, 4) is 5.75 Å². The van der Waals surface area contributed by atoms with E-state index in [0.29, 0.717) is 51.1 Å². The predicted molar refractivity (Wildman–Crippen MR) is 147 cm³/mol. The van der Waals surface area contributed by atoms with E-state index in [2.05, 4.69) is 10.3 Å². The Balaban J connectivity index is 1.37. The molecule has 0 radical (unpaired) electrons. The number of nitrogens with zero attached hydrogens (tertiary/aromatic N) is 2. The van der Waals surface area contributed by atoms with Gasteiger partial charge in [0.1, 0.15) is 12.4 Å². The molecule has 0 saturated carbocycles. The Hall–Kier alpha value is -4.20. The predicted octanol–water partition coefficient (Wildman–Crippen LogP) is 4.21. The van der Waals surface area contributed by atoms with Gasteiger partial charge < -0.3 is 20.1 Å². The van der Waals surface area contributed by atoms with E-state index in [1.807, 2.05) is 77.7 Å². The van der Waals surface area contributed by atoms with Crippen molar-refractivity contribution in [1.82, 2.24) is 15.2 Å². The Labute approximate surface area is 229 Å². The maximum absolute atomic E-state index is 13.3. The minimum absolute atomic E-state index is 0.0331. The molecule has 1 aliphatic heterocycles. The summed E-state index contributed by atoms with van der Waals surface area (Å²) in [5.74, 6) is -0.737. The molecule has 1 fully saturated rings. The number of hydrogen-bond acceptors (Lipinski definition) is 5. The number of piperidine rings is 1. The number of carboxylic acid groups (broad SMARTS) is 1. The van der Waals surface area contributed by atoms with Gasteiger partial charge >= 0.3 is 5.97 Å². The third-order valence-electron chi connectivity index (χ3n) is 7.09. The normalized spacial score (nSPS) is 14.4. The number of carbonyl (C=O) groups excluding carboxylic acids is 2. The van der Waals surface area contributed by atoms with Crippen molar-refractivity contribution in [2.45, 2.75) is 44.6 Å². The Bertz CT molecular complexity index is 1210. The molecule has 8 heteroatoms. The van der Waals surface area contributed by atoms with E-state index in [9.17, 15) is 14.4 Å². The molecule has 2 heterocycles. The molecule has 1 saturated heterocycles. The lowest BCUT2D eigenvalue weighted by molar-refractivity contribution is -0.137. The number of carboxylic acids is 1. The fraction of sp³-hybridized carbons (Fsp3) is 0.355. The molecule has 2 N–H and O–H groups in total. The average Bonchev–Trinajstić information content (AvgIpc) is 2.97. The highest BCUT2D eigenvalue weighted by Gasteiger charge is 2.33. The largest absolute Gasteiger partial charge is 0.489 e. The summed E-state index contributed by atoms with van der Waals surface area (Å²) in [5, 5.41) is 11.8. The zero-order valence-electron chi connectivity index (χ0n) is 22.0. The van der Waals surface area contributed by atoms with Crippen LogP contribution >= 0.6 is 0 Å². The van der Waals surface area contributed by atoms with Gasteiger partial charge in [-0.3, -0.25) is 19.4 Å². The van der Waals surface area contributed by atoms with Crippen LogP contribution < -0.4 is 10.1 Å². The van der Waals surface area contributed by atoms with Gasteiger partial charge in [0.05, 0.1) is 12.3 Å². The van der Waals surface area contributed by atoms with Gasteiger partial charge in [-0.1, -0.05) is 48.5 Å². The highest BCUT2D eigenvalue weighted by atomic mass is 16.5. The topological polar surface area (TPSA) is 109 Å². The highest BCUT2D eigenvalue weighted by Crippen LogP contribution is 2.34. The third-order valence-corrected chi connectivity index (χ3v) is 7.09. The molecular weight excluding hydrogens is 494 g/mol. The molecule has 1 aliphatic rings. The standard InChI is InChI=1S/C31H35N3O5/c35-28(14-11-26-8-4-5-18-32-26)34-20-16-25(17-21-34)30(31(38)33-19-15-29(36)37)24-9-12-27(13-10-24)39-22-23-6-2-1-3-7-23/h1-10,12-13,18,25,30H,11,14-17,19-22H2,(H,33,38)(H,36,37)/t30-/m1/s1. The van der Waals surface area contributed by atoms with Gasteiger partial charge in [-0.25, -0.2) is 0 Å². The molecule has 1 atom stereocenters. The molecule has 2 aromatic carbocycles. The van der Waals surface area contributed by atoms with Crippen LogP contribution in [-0.4, -0.2) is 52.4 Å². The summed E-state index contributed by atoms with van der Waals surface area (Å²) in [6, 6.07) is 23.1. The molecule has 0 bridgehead atoms. The number of nitrogens with one attached hydrogen (secondary N) is 1. The van der Waals surface area contributed by atoms with E-state index in [1.165, 1.54) is 0 Å². The van der Waals surface area contributed by atoms with Crippen LogP contribution in [-0.2, 0) is 27.4 Å². The smallest absolute Gasteiger partial charge is 0.305 e. The molecule has 4 rings (SSSR count). The molecule has 0 aliphatic carbocycles. The molecule has 2 amide bonds. The van der Waals surface area contributed by atoms with E-state index >= 15 is 0 Å². The summed E-state index contributed by atoms with van der Waals surface area (Å²) in [6.45, 7) is 1.70. The monoisotopic (exact) mass is 529 g/mol. The number of rotatable bonds is 12. The second-order valence-electron chi connectivity index (χ2n) is 9.80. The van der Waals surface area contributed by atoms with Crippen LogP contribution in [0.1, 0.15) is 48.4 Å². The van der Waals surface area contributed by atoms with Gasteiger partial charge in [0.2, 0.25) is 11.8 Å². The molecule has 8 nitrogen and oxygen atoms in total. The van der Waals surface area contributed by atoms with Crippen LogP contribution in [0.15, 0.2) is 79.0 Å². The van der Waals surface area contributed by atoms with Crippen molar-refractivity contribution >= 4 is 17.8 Å². The highest BCUT2D eigenvalue weighted by molar-refractivity contribution is 5.84. The maximum Gasteiger partial charge on any atom is 0.305 e. The fourth-order valence-electron chi connectivity index (χ4n) is 4.97. The van der Waals surface area contributed by atoms with Crippen LogP contribution in [0.5, 0.6) is 5.75 Å². The van der Waals surface area contributed by atoms with Crippen LogP contribution in [0.25, 0.3) is 0 Å². The van der Waals surface area contributed by atoms with Gasteiger partial charge in [-0.05, 0) is 60.6 Å². The number of amides is 2. The lowest BCUT2D eigenvalue weighted by Crippen LogP contribution is -2.43. The van der Waals surface area contributed by atoms with Crippen molar-refractivity contribution < 1.29 is 24.2 Å². The van der Waals surface area contributed by atoms with Crippen LogP contribution in [0.3, 0.4) is 0 Å². The first-order valence-electron chi connectivity index (χ1n) is 13.4. The summed E-state index contributed by atoms with van der Waals surface area (Å²) in [5.41, 5.74) is 2.82. The molecule has 204 valence electrons. The number of aliphatic carboxylic acids is 1. The first-order chi connectivity index (χ1) is 19.0. The number of carbonyl (C=O) groups is 3. The zero-order valence-corrected chi connectivity index (χ0v) is 22.0. The van der Waals surface area contributed by atoms with Crippen molar-refractivity contribution in [2.75, 3.05) is 19.6 Å². The lowest BCUT2D eigenvalue weighted by Gasteiger charge is -2.36. The van der Waals surface area contributed by atoms with Gasteiger partial charge in [-0.15, -0.1) is 0 Å². The first-order valence-corrected chi connectivity index (χ1v) is 13.4. The minimum atomic E-state index is -0.954. The average molecular weight is 530 g/mol. The second-order valence-corrected chi connectivity index (χ2v) is 9.80. The van der Waals surface area contributed by atoms with E-state index in [1.54, 1.807) is 6.20 Å². The van der Waals surface area contributed by atoms with Crippen molar-refractivity contribution in [3.63, 3.8) is 0 Å². The number of aromatic nitrogens is 1. The van der Waals surface area contributed by atoms with Gasteiger partial charge in [-0.2, -0.15) is 0 Å². The Morgan fingerprint density at radius 3 is 2.33 bits per heavy atom. The Morgan fingerprint density at radius 2 is 1.67 bits per heavy atom. The van der Waals surface area contributed by atoms with E-state index < -0.39 is 11.9 Å². The molecular formula is C31H35N3O5. The Morgan fingerprint density at radius 1 is 0.949 bits per heavy atom. The quantitative estimate of drug-likeness (QED) is 0.364. The number of ether oxygens (including phenoxy) is 1. The molecule has 0 spiro atoms. The summed E-state index contributed by atoms with van der Waals surface area (Å²) >= 11 is 0. The van der Waals surface area contributed by atoms with Crippen molar-refractivity contribution in [1.29, 1.82) is 0 Å². The fourth-order valence-corrected chi connectivity index (χ4v) is 4.97. The molecule has 3 aromatic rings. The minimum Gasteiger partial charge on any atom is -0.489 e. The van der Waals surface area contributed by atoms with Crippen LogP contribution in [0.4, 0.5) is 0 Å². The van der Waals surface area contributed by atoms with E-state index in [0.717, 1.165) is 16.8 Å². The number of benzene rings is 2. The van der Waals surface area contributed by atoms with E-state index in [-0.39, 0.29) is 30.7 Å². The molecule has 0 unspecified atom stereocenters. The summed E-state index contributed by atoms with van der Waals surface area (Å²) in [7, 11) is 0. The van der Waals surface area contributed by atoms with Crippen LogP contribution in [0.2, 0.25) is 0 Å². The lowest BCUT2D eigenvalue weighted by atomic mass is 9.79. The number of aryl methyl sites for hydroxylation is 1. The van der Waals surface area contributed by atoms with E-state index in [4.69, 9.17) is 9.84 Å². The van der Waals surface area contributed by atoms with Crippen molar-refractivity contribution in [2.24, 2.45) is 5.92 Å². The molecule has 1 aromatic heterocycles. The second kappa shape index (κ2) is 14.1. The SMILES string of the molecule is O=C(O)CCNC(=O)[C@H](c1ccc(OCc2ccccc2)cc1)C1CCN(C(=O)CCc2ccccn2)CC1. The van der Waals surface area contributed by atoms with Gasteiger partial charge in [0.25, 0.3) is 0 Å². The van der Waals surface area contributed by atoms with Gasteiger partial charge in [0.15, 0.2) is 0 Å². The van der Waals surface area contributed by atoms with Crippen molar-refractivity contribution in [3.05, 3.63) is 95.8 Å². The van der Waals surface area contributed by atoms with Gasteiger partial charge in [0, 0.05) is 37.9 Å². The third kappa shape index (κ3) is 8.40. The summed E-state index contributed by atoms with van der Waals surface area (Å²) in [4.78, 5) is 43.2. The summed E-state index contributed by atoms with van der Waals surface area (Å²) in [6.07, 6.45) is 4.00. The molecule has 39 heavy (non-hydrogen) atoms. The number of likely N-dealkylation sites (tertiary alicyclic amines) is 1. The zero-order chi connectivity index (χ0) is 27.5. The summed E-state index contributed by atoms with van der Waals surface area (Å²) < 4.78 is 5.90.